The normalized spacial score (nSPS) is 10.7. The molecule has 30 heavy (non-hydrogen) atoms. The zero-order valence-electron chi connectivity index (χ0n) is 16.7. The number of hydrogen-bond acceptors (Lipinski definition) is 1. The van der Waals surface area contributed by atoms with E-state index in [4.69, 9.17) is 34.8 Å². The molecule has 0 radical (unpaired) electrons. The maximum absolute atomic E-state index is 13.8. The quantitative estimate of drug-likeness (QED) is 0.348. The molecule has 3 aromatic rings. The average Bonchev–Trinajstić information content (AvgIpc) is 2.74. The maximum atomic E-state index is 13.8. The number of urea groups is 1. The highest BCUT2D eigenvalue weighted by atomic mass is 35.5. The predicted molar refractivity (Wildman–Crippen MR) is 127 cm³/mol. The molecule has 0 aliphatic heterocycles. The van der Waals surface area contributed by atoms with Crippen molar-refractivity contribution in [2.75, 3.05) is 11.4 Å². The molecular weight excluding hydrogens is 439 g/mol. The number of halogens is 3. The predicted octanol–water partition coefficient (Wildman–Crippen LogP) is 8.21. The Labute approximate surface area is 192 Å². The molecule has 3 rings (SSSR count). The van der Waals surface area contributed by atoms with Gasteiger partial charge in [-0.05, 0) is 36.2 Å². The molecule has 3 aromatic carbocycles. The summed E-state index contributed by atoms with van der Waals surface area (Å²) in [6.07, 6.45) is 1.87. The summed E-state index contributed by atoms with van der Waals surface area (Å²) in [4.78, 5) is 17.2. The van der Waals surface area contributed by atoms with E-state index in [0.717, 1.165) is 18.4 Å². The van der Waals surface area contributed by atoms with E-state index < -0.39 is 0 Å². The minimum Gasteiger partial charge on any atom is -0.320 e. The van der Waals surface area contributed by atoms with Gasteiger partial charge in [-0.15, -0.1) is 0 Å². The van der Waals surface area contributed by atoms with Crippen LogP contribution in [0.3, 0.4) is 0 Å². The van der Waals surface area contributed by atoms with Crippen LogP contribution in [0.4, 0.5) is 16.2 Å². The summed E-state index contributed by atoms with van der Waals surface area (Å²) in [5.74, 6) is 0. The monoisotopic (exact) mass is 460 g/mol. The topological polar surface area (TPSA) is 23.6 Å². The van der Waals surface area contributed by atoms with Crippen LogP contribution in [0.25, 0.3) is 0 Å². The van der Waals surface area contributed by atoms with Crippen LogP contribution in [0, 0.1) is 0 Å². The third kappa shape index (κ3) is 5.48. The molecule has 0 aliphatic rings. The lowest BCUT2D eigenvalue weighted by molar-refractivity contribution is 0.203. The fraction of sp³-hybridized carbons (Fsp3) is 0.208. The highest BCUT2D eigenvalue weighted by molar-refractivity contribution is 6.42. The molecule has 0 bridgehead atoms. The van der Waals surface area contributed by atoms with Gasteiger partial charge in [-0.1, -0.05) is 96.7 Å². The van der Waals surface area contributed by atoms with E-state index in [-0.39, 0.29) is 6.03 Å². The van der Waals surface area contributed by atoms with Gasteiger partial charge in [-0.25, -0.2) is 4.79 Å². The third-order valence-electron chi connectivity index (χ3n) is 4.68. The van der Waals surface area contributed by atoms with Gasteiger partial charge in [-0.2, -0.15) is 0 Å². The SMILES string of the molecule is CCCCN(Cc1ccccc1)C(=O)N(c1ccccc1)c1c(Cl)cc(Cl)cc1Cl. The van der Waals surface area contributed by atoms with E-state index in [1.54, 1.807) is 17.0 Å². The Morgan fingerprint density at radius 2 is 1.43 bits per heavy atom. The Bertz CT molecular complexity index is 957. The van der Waals surface area contributed by atoms with Crippen LogP contribution in [-0.2, 0) is 6.54 Å². The van der Waals surface area contributed by atoms with Crippen molar-refractivity contribution in [2.24, 2.45) is 0 Å². The van der Waals surface area contributed by atoms with Crippen LogP contribution in [0.2, 0.25) is 15.1 Å². The standard InChI is InChI=1S/C24H23Cl3N2O/c1-2-3-14-28(17-18-10-6-4-7-11-18)24(30)29(20-12-8-5-9-13-20)23-21(26)15-19(25)16-22(23)27/h4-13,15-16H,2-3,14,17H2,1H3. The number of benzene rings is 3. The molecule has 0 N–H and O–H groups in total. The largest absolute Gasteiger partial charge is 0.329 e. The molecule has 156 valence electrons. The molecule has 0 aliphatic carbocycles. The first kappa shape index (κ1) is 22.5. The summed E-state index contributed by atoms with van der Waals surface area (Å²) < 4.78 is 0. The molecule has 0 saturated carbocycles. The first-order valence-electron chi connectivity index (χ1n) is 9.83. The fourth-order valence-electron chi connectivity index (χ4n) is 3.20. The van der Waals surface area contributed by atoms with Crippen molar-refractivity contribution in [3.05, 3.63) is 93.4 Å². The summed E-state index contributed by atoms with van der Waals surface area (Å²) in [5, 5.41) is 1.06. The lowest BCUT2D eigenvalue weighted by atomic mass is 10.2. The van der Waals surface area contributed by atoms with Crippen molar-refractivity contribution < 1.29 is 4.79 Å². The van der Waals surface area contributed by atoms with E-state index in [1.165, 1.54) is 0 Å². The van der Waals surface area contributed by atoms with Gasteiger partial charge in [0.2, 0.25) is 0 Å². The summed E-state index contributed by atoms with van der Waals surface area (Å²) in [6, 6.07) is 22.3. The van der Waals surface area contributed by atoms with Crippen LogP contribution < -0.4 is 4.90 Å². The zero-order chi connectivity index (χ0) is 21.5. The van der Waals surface area contributed by atoms with E-state index in [0.29, 0.717) is 39.5 Å². The zero-order valence-corrected chi connectivity index (χ0v) is 19.0. The first-order chi connectivity index (χ1) is 14.5. The number of anilines is 2. The first-order valence-corrected chi connectivity index (χ1v) is 11.0. The van der Waals surface area contributed by atoms with Crippen LogP contribution in [0.1, 0.15) is 25.3 Å². The summed E-state index contributed by atoms with van der Waals surface area (Å²) in [5.41, 5.74) is 2.17. The number of para-hydroxylation sites is 1. The smallest absolute Gasteiger partial charge is 0.320 e. The van der Waals surface area contributed by atoms with Gasteiger partial charge in [0.05, 0.1) is 21.4 Å². The number of carbonyl (C=O) groups is 1. The summed E-state index contributed by atoms with van der Waals surface area (Å²) >= 11 is 19.1. The fourth-order valence-corrected chi connectivity index (χ4v) is 4.18. The Balaban J connectivity index is 2.06. The summed E-state index contributed by atoms with van der Waals surface area (Å²) in [6.45, 7) is 3.22. The third-order valence-corrected chi connectivity index (χ3v) is 5.47. The number of amides is 2. The van der Waals surface area contributed by atoms with E-state index >= 15 is 0 Å². The van der Waals surface area contributed by atoms with Crippen molar-refractivity contribution in [1.82, 2.24) is 4.90 Å². The number of rotatable bonds is 7. The molecule has 0 fully saturated rings. The van der Waals surface area contributed by atoms with Gasteiger partial charge in [-0.3, -0.25) is 4.90 Å². The van der Waals surface area contributed by atoms with Crippen molar-refractivity contribution in [3.63, 3.8) is 0 Å². The van der Waals surface area contributed by atoms with Gasteiger partial charge in [0.15, 0.2) is 0 Å². The van der Waals surface area contributed by atoms with Gasteiger partial charge < -0.3 is 4.90 Å². The molecule has 0 atom stereocenters. The van der Waals surface area contributed by atoms with Crippen molar-refractivity contribution in [3.8, 4) is 0 Å². The van der Waals surface area contributed by atoms with Crippen LogP contribution in [-0.4, -0.2) is 17.5 Å². The van der Waals surface area contributed by atoms with Crippen molar-refractivity contribution in [1.29, 1.82) is 0 Å². The van der Waals surface area contributed by atoms with E-state index in [1.807, 2.05) is 65.6 Å². The van der Waals surface area contributed by atoms with E-state index in [9.17, 15) is 4.79 Å². The van der Waals surface area contributed by atoms with E-state index in [2.05, 4.69) is 6.92 Å². The second kappa shape index (κ2) is 10.7. The Morgan fingerprint density at radius 1 is 0.867 bits per heavy atom. The Kier molecular flexibility index (Phi) is 8.03. The number of unbranched alkanes of at least 4 members (excludes halogenated alkanes) is 1. The number of carbonyl (C=O) groups excluding carboxylic acids is 1. The minimum atomic E-state index is -0.190. The van der Waals surface area contributed by atoms with Gasteiger partial charge in [0, 0.05) is 18.1 Å². The molecule has 0 aromatic heterocycles. The van der Waals surface area contributed by atoms with Crippen molar-refractivity contribution >= 4 is 52.2 Å². The van der Waals surface area contributed by atoms with Gasteiger partial charge >= 0.3 is 6.03 Å². The molecule has 3 nitrogen and oxygen atoms in total. The maximum Gasteiger partial charge on any atom is 0.329 e. The molecule has 6 heteroatoms. The number of nitrogens with zero attached hydrogens (tertiary/aromatic N) is 2. The highest BCUT2D eigenvalue weighted by Crippen LogP contribution is 2.40. The minimum absolute atomic E-state index is 0.190. The highest BCUT2D eigenvalue weighted by Gasteiger charge is 2.28. The number of hydrogen-bond donors (Lipinski definition) is 0. The van der Waals surface area contributed by atoms with Crippen LogP contribution >= 0.6 is 34.8 Å². The molecule has 0 unspecified atom stereocenters. The molecule has 0 spiro atoms. The molecular formula is C24H23Cl3N2O. The van der Waals surface area contributed by atoms with Gasteiger partial charge in [0.25, 0.3) is 0 Å². The van der Waals surface area contributed by atoms with Crippen LogP contribution in [0.15, 0.2) is 72.8 Å². The molecule has 2 amide bonds. The Hall–Kier alpha value is -2.20. The van der Waals surface area contributed by atoms with Crippen molar-refractivity contribution in [2.45, 2.75) is 26.3 Å². The average molecular weight is 462 g/mol. The van der Waals surface area contributed by atoms with Gasteiger partial charge in [0.1, 0.15) is 0 Å². The Morgan fingerprint density at radius 3 is 2.00 bits per heavy atom. The van der Waals surface area contributed by atoms with Crippen LogP contribution in [0.5, 0.6) is 0 Å². The lowest BCUT2D eigenvalue weighted by Crippen LogP contribution is -2.41. The second-order valence-electron chi connectivity index (χ2n) is 6.93. The molecule has 0 heterocycles. The lowest BCUT2D eigenvalue weighted by Gasteiger charge is -2.32. The summed E-state index contributed by atoms with van der Waals surface area (Å²) in [7, 11) is 0. The molecule has 0 saturated heterocycles. The second-order valence-corrected chi connectivity index (χ2v) is 8.18.